The van der Waals surface area contributed by atoms with Gasteiger partial charge in [0.05, 0.1) is 12.7 Å². The molecule has 5 nitrogen and oxygen atoms in total. The minimum Gasteiger partial charge on any atom is -0.395 e. The van der Waals surface area contributed by atoms with Gasteiger partial charge in [-0.05, 0) is 19.8 Å². The molecule has 0 aliphatic heterocycles. The summed E-state index contributed by atoms with van der Waals surface area (Å²) in [6, 6.07) is 1.72. The Morgan fingerprint density at radius 2 is 2.21 bits per heavy atom. The summed E-state index contributed by atoms with van der Waals surface area (Å²) < 4.78 is 24.7. The van der Waals surface area contributed by atoms with Gasteiger partial charge in [0.2, 0.25) is 10.0 Å². The van der Waals surface area contributed by atoms with Gasteiger partial charge >= 0.3 is 0 Å². The molecule has 1 N–H and O–H groups in total. The van der Waals surface area contributed by atoms with Gasteiger partial charge < -0.3 is 5.11 Å². The van der Waals surface area contributed by atoms with E-state index in [2.05, 4.69) is 0 Å². The molecule has 0 aromatic rings. The van der Waals surface area contributed by atoms with E-state index >= 15 is 0 Å². The lowest BCUT2D eigenvalue weighted by Crippen LogP contribution is -2.40. The highest BCUT2D eigenvalue weighted by molar-refractivity contribution is 7.90. The highest BCUT2D eigenvalue weighted by Crippen LogP contribution is 2.30. The van der Waals surface area contributed by atoms with Crippen LogP contribution < -0.4 is 0 Å². The number of aliphatic hydroxyl groups excluding tert-OH is 1. The average molecular weight is 218 g/mol. The summed E-state index contributed by atoms with van der Waals surface area (Å²) in [6.07, 6.45) is 1.66. The van der Waals surface area contributed by atoms with Crippen LogP contribution in [0.2, 0.25) is 0 Å². The largest absolute Gasteiger partial charge is 0.395 e. The van der Waals surface area contributed by atoms with Crippen LogP contribution in [-0.4, -0.2) is 42.3 Å². The average Bonchev–Trinajstić information content (AvgIpc) is 2.95. The zero-order chi connectivity index (χ0) is 10.8. The lowest BCUT2D eigenvalue weighted by molar-refractivity contribution is 0.250. The van der Waals surface area contributed by atoms with Crippen LogP contribution in [-0.2, 0) is 10.0 Å². The molecule has 0 heterocycles. The Labute approximate surface area is 84.0 Å². The van der Waals surface area contributed by atoms with Crippen LogP contribution in [0, 0.1) is 11.3 Å². The summed E-state index contributed by atoms with van der Waals surface area (Å²) in [6.45, 7) is 1.26. The van der Waals surface area contributed by atoms with Gasteiger partial charge in [0.25, 0.3) is 0 Å². The first-order valence-electron chi connectivity index (χ1n) is 4.55. The standard InChI is InChI=1S/C8H14N2O3S/c1-7(6-9)14(12,13)10(4-5-11)8-2-3-8/h7-8,11H,2-5H2,1H3. The third-order valence-electron chi connectivity index (χ3n) is 2.23. The van der Waals surface area contributed by atoms with Crippen LogP contribution in [0.5, 0.6) is 0 Å². The van der Waals surface area contributed by atoms with Crippen LogP contribution in [0.15, 0.2) is 0 Å². The zero-order valence-electron chi connectivity index (χ0n) is 8.05. The molecular formula is C8H14N2O3S. The summed E-state index contributed by atoms with van der Waals surface area (Å²) in [7, 11) is -3.54. The molecule has 1 atom stereocenters. The van der Waals surface area contributed by atoms with Crippen molar-refractivity contribution in [2.45, 2.75) is 31.1 Å². The Morgan fingerprint density at radius 3 is 2.57 bits per heavy atom. The van der Waals surface area contributed by atoms with Gasteiger partial charge in [-0.1, -0.05) is 0 Å². The predicted molar refractivity (Wildman–Crippen MR) is 50.8 cm³/mol. The maximum absolute atomic E-state index is 11.7. The van der Waals surface area contributed by atoms with Gasteiger partial charge in [-0.15, -0.1) is 0 Å². The van der Waals surface area contributed by atoms with Crippen molar-refractivity contribution in [2.24, 2.45) is 0 Å². The van der Waals surface area contributed by atoms with E-state index in [1.165, 1.54) is 11.2 Å². The van der Waals surface area contributed by atoms with E-state index in [9.17, 15) is 8.42 Å². The Kier molecular flexibility index (Phi) is 3.48. The maximum atomic E-state index is 11.7. The molecule has 0 bridgehead atoms. The Morgan fingerprint density at radius 1 is 1.64 bits per heavy atom. The van der Waals surface area contributed by atoms with E-state index in [1.807, 2.05) is 0 Å². The first-order valence-corrected chi connectivity index (χ1v) is 6.05. The molecule has 0 spiro atoms. The van der Waals surface area contributed by atoms with Crippen LogP contribution in [0.1, 0.15) is 19.8 Å². The van der Waals surface area contributed by atoms with Crippen molar-refractivity contribution in [1.82, 2.24) is 4.31 Å². The minimum atomic E-state index is -3.54. The maximum Gasteiger partial charge on any atom is 0.230 e. The number of hydrogen-bond acceptors (Lipinski definition) is 4. The van der Waals surface area contributed by atoms with Gasteiger partial charge in [0, 0.05) is 12.6 Å². The van der Waals surface area contributed by atoms with E-state index in [1.54, 1.807) is 6.07 Å². The van der Waals surface area contributed by atoms with Crippen LogP contribution in [0.25, 0.3) is 0 Å². The van der Waals surface area contributed by atoms with Gasteiger partial charge in [0.15, 0.2) is 5.25 Å². The van der Waals surface area contributed by atoms with E-state index in [0.29, 0.717) is 0 Å². The van der Waals surface area contributed by atoms with E-state index in [-0.39, 0.29) is 19.2 Å². The third-order valence-corrected chi connectivity index (χ3v) is 4.36. The number of nitriles is 1. The second kappa shape index (κ2) is 4.26. The van der Waals surface area contributed by atoms with Crippen molar-refractivity contribution in [3.05, 3.63) is 0 Å². The van der Waals surface area contributed by atoms with Crippen molar-refractivity contribution in [1.29, 1.82) is 5.26 Å². The summed E-state index contributed by atoms with van der Waals surface area (Å²) in [5.41, 5.74) is 0. The molecule has 0 saturated heterocycles. The molecule has 1 rings (SSSR count). The highest BCUT2D eigenvalue weighted by atomic mass is 32.2. The molecule has 1 aliphatic rings. The fourth-order valence-electron chi connectivity index (χ4n) is 1.25. The quantitative estimate of drug-likeness (QED) is 0.686. The van der Waals surface area contributed by atoms with Crippen molar-refractivity contribution in [3.8, 4) is 6.07 Å². The second-order valence-electron chi connectivity index (χ2n) is 3.38. The van der Waals surface area contributed by atoms with Crippen LogP contribution >= 0.6 is 0 Å². The molecule has 0 radical (unpaired) electrons. The Bertz CT molecular complexity index is 329. The molecule has 1 saturated carbocycles. The Hall–Kier alpha value is -0.640. The van der Waals surface area contributed by atoms with Crippen molar-refractivity contribution in [2.75, 3.05) is 13.2 Å². The lowest BCUT2D eigenvalue weighted by Gasteiger charge is -2.21. The smallest absolute Gasteiger partial charge is 0.230 e. The van der Waals surface area contributed by atoms with Gasteiger partial charge in [-0.3, -0.25) is 0 Å². The molecule has 1 fully saturated rings. The van der Waals surface area contributed by atoms with Crippen molar-refractivity contribution in [3.63, 3.8) is 0 Å². The second-order valence-corrected chi connectivity index (χ2v) is 5.59. The molecule has 1 unspecified atom stereocenters. The summed E-state index contributed by atoms with van der Waals surface area (Å²) in [4.78, 5) is 0. The normalized spacial score (nSPS) is 19.3. The highest BCUT2D eigenvalue weighted by Gasteiger charge is 2.39. The summed E-state index contributed by atoms with van der Waals surface area (Å²) >= 11 is 0. The van der Waals surface area contributed by atoms with E-state index in [4.69, 9.17) is 10.4 Å². The van der Waals surface area contributed by atoms with Gasteiger partial charge in [-0.25, -0.2) is 8.42 Å². The van der Waals surface area contributed by atoms with Crippen molar-refractivity contribution < 1.29 is 13.5 Å². The molecule has 6 heteroatoms. The lowest BCUT2D eigenvalue weighted by atomic mass is 10.5. The summed E-state index contributed by atoms with van der Waals surface area (Å²) in [5, 5.41) is 16.3. The molecule has 1 aliphatic carbocycles. The molecular weight excluding hydrogens is 204 g/mol. The number of sulfonamides is 1. The van der Waals surface area contributed by atoms with E-state index < -0.39 is 15.3 Å². The fourth-order valence-corrected chi connectivity index (χ4v) is 2.75. The zero-order valence-corrected chi connectivity index (χ0v) is 8.87. The van der Waals surface area contributed by atoms with Gasteiger partial charge in [-0.2, -0.15) is 9.57 Å². The molecule has 0 aromatic carbocycles. The number of nitrogens with zero attached hydrogens (tertiary/aromatic N) is 2. The SMILES string of the molecule is CC(C#N)S(=O)(=O)N(CCO)C1CC1. The Balaban J connectivity index is 2.81. The topological polar surface area (TPSA) is 81.4 Å². The minimum absolute atomic E-state index is 0.00273. The molecule has 0 aromatic heterocycles. The van der Waals surface area contributed by atoms with Crippen molar-refractivity contribution >= 4 is 10.0 Å². The monoisotopic (exact) mass is 218 g/mol. The molecule has 0 amide bonds. The van der Waals surface area contributed by atoms with Gasteiger partial charge in [0.1, 0.15) is 0 Å². The fraction of sp³-hybridized carbons (Fsp3) is 0.875. The predicted octanol–water partition coefficient (Wildman–Crippen LogP) is -0.315. The number of aliphatic hydroxyl groups is 1. The van der Waals surface area contributed by atoms with E-state index in [0.717, 1.165) is 12.8 Å². The first-order chi connectivity index (χ1) is 6.54. The molecule has 80 valence electrons. The summed E-state index contributed by atoms with van der Waals surface area (Å²) in [5.74, 6) is 0. The molecule has 14 heavy (non-hydrogen) atoms. The first kappa shape index (κ1) is 11.4. The third kappa shape index (κ3) is 2.23. The van der Waals surface area contributed by atoms with Crippen LogP contribution in [0.4, 0.5) is 0 Å². The number of hydrogen-bond donors (Lipinski definition) is 1. The number of rotatable bonds is 5. The van der Waals surface area contributed by atoms with Crippen LogP contribution in [0.3, 0.4) is 0 Å².